The summed E-state index contributed by atoms with van der Waals surface area (Å²) >= 11 is 0. The monoisotopic (exact) mass is 492 g/mol. The number of ether oxygens (including phenoxy) is 4. The molecule has 1 saturated heterocycles. The minimum Gasteiger partial charge on any atom is -0.504 e. The van der Waals surface area contributed by atoms with Crippen molar-refractivity contribution < 1.29 is 54.0 Å². The highest BCUT2D eigenvalue weighted by molar-refractivity contribution is 5.91. The van der Waals surface area contributed by atoms with Crippen LogP contribution >= 0.6 is 0 Å². The van der Waals surface area contributed by atoms with Crippen molar-refractivity contribution in [3.05, 3.63) is 40.8 Å². The Hall–Kier alpha value is -3.55. The second-order valence-corrected chi connectivity index (χ2v) is 7.81. The molecule has 12 heteroatoms. The van der Waals surface area contributed by atoms with Crippen LogP contribution < -0.4 is 19.6 Å². The van der Waals surface area contributed by atoms with Gasteiger partial charge in [-0.2, -0.15) is 0 Å². The van der Waals surface area contributed by atoms with Crippen LogP contribution in [0.25, 0.3) is 22.1 Å². The van der Waals surface area contributed by atoms with Crippen molar-refractivity contribution in [2.24, 2.45) is 0 Å². The van der Waals surface area contributed by atoms with E-state index in [1.54, 1.807) is 0 Å². The summed E-state index contributed by atoms with van der Waals surface area (Å²) in [6.45, 7) is -0.663. The molecule has 35 heavy (non-hydrogen) atoms. The molecule has 5 atom stereocenters. The summed E-state index contributed by atoms with van der Waals surface area (Å²) in [6, 6.07) is 5.52. The molecule has 0 spiro atoms. The van der Waals surface area contributed by atoms with E-state index < -0.39 is 48.5 Å². The Kier molecular flexibility index (Phi) is 6.74. The van der Waals surface area contributed by atoms with Crippen molar-refractivity contribution in [1.29, 1.82) is 0 Å². The number of fused-ring (bicyclic) bond motifs is 1. The van der Waals surface area contributed by atoms with Gasteiger partial charge >= 0.3 is 0 Å². The molecular formula is C23H24O12. The Morgan fingerprint density at radius 2 is 1.71 bits per heavy atom. The van der Waals surface area contributed by atoms with Gasteiger partial charge in [0.15, 0.2) is 23.0 Å². The number of hydrogen-bond donors (Lipinski definition) is 6. The minimum atomic E-state index is -1.72. The van der Waals surface area contributed by atoms with Crippen LogP contribution in [0.5, 0.6) is 28.7 Å². The Labute approximate surface area is 197 Å². The molecule has 2 unspecified atom stereocenters. The molecule has 188 valence electrons. The van der Waals surface area contributed by atoms with E-state index in [9.17, 15) is 35.4 Å². The maximum atomic E-state index is 13.2. The van der Waals surface area contributed by atoms with Crippen molar-refractivity contribution in [2.45, 2.75) is 30.7 Å². The summed E-state index contributed by atoms with van der Waals surface area (Å²) in [5.41, 5.74) is -0.394. The van der Waals surface area contributed by atoms with Crippen LogP contribution in [0.2, 0.25) is 0 Å². The standard InChI is InChI=1S/C23H24O12/c1-31-12-4-3-9(5-11(12)25)10-8-33-13-6-14(22(32-2)19(28)16(13)17(10)26)34-23-21(30)20(29)18(27)15(7-24)35-23/h3-6,8,15,18,20-21,23-25,27-30H,7H2,1-2H3/t15?,18-,20+,21?,23-/m1/s1. The molecule has 12 nitrogen and oxygen atoms in total. The van der Waals surface area contributed by atoms with E-state index in [-0.39, 0.29) is 39.5 Å². The van der Waals surface area contributed by atoms with E-state index in [1.807, 2.05) is 0 Å². The highest BCUT2D eigenvalue weighted by Gasteiger charge is 2.45. The zero-order chi connectivity index (χ0) is 25.4. The van der Waals surface area contributed by atoms with Gasteiger partial charge in [-0.05, 0) is 17.7 Å². The second-order valence-electron chi connectivity index (χ2n) is 7.81. The van der Waals surface area contributed by atoms with Crippen LogP contribution in [0, 0.1) is 0 Å². The Morgan fingerprint density at radius 3 is 2.34 bits per heavy atom. The van der Waals surface area contributed by atoms with Crippen molar-refractivity contribution in [2.75, 3.05) is 20.8 Å². The van der Waals surface area contributed by atoms with Gasteiger partial charge in [-0.3, -0.25) is 4.79 Å². The molecule has 3 aromatic rings. The molecule has 6 N–H and O–H groups in total. The second kappa shape index (κ2) is 9.60. The number of rotatable bonds is 6. The summed E-state index contributed by atoms with van der Waals surface area (Å²) in [5.74, 6) is -1.12. The molecule has 1 aliphatic rings. The number of phenolic OH excluding ortho intramolecular Hbond substituents is 2. The van der Waals surface area contributed by atoms with Crippen LogP contribution in [-0.2, 0) is 4.74 Å². The van der Waals surface area contributed by atoms with Gasteiger partial charge < -0.3 is 54.0 Å². The van der Waals surface area contributed by atoms with Gasteiger partial charge in [-0.15, -0.1) is 0 Å². The first-order chi connectivity index (χ1) is 16.7. The van der Waals surface area contributed by atoms with Gasteiger partial charge in [0.25, 0.3) is 0 Å². The number of phenols is 2. The van der Waals surface area contributed by atoms with E-state index in [0.29, 0.717) is 5.56 Å². The first-order valence-electron chi connectivity index (χ1n) is 10.4. The zero-order valence-corrected chi connectivity index (χ0v) is 18.6. The van der Waals surface area contributed by atoms with Gasteiger partial charge in [0.1, 0.15) is 41.6 Å². The van der Waals surface area contributed by atoms with Gasteiger partial charge in [-0.1, -0.05) is 6.07 Å². The summed E-state index contributed by atoms with van der Waals surface area (Å²) < 4.78 is 26.7. The fraction of sp³-hybridized carbons (Fsp3) is 0.348. The average Bonchev–Trinajstić information content (AvgIpc) is 2.84. The summed E-state index contributed by atoms with van der Waals surface area (Å²) in [4.78, 5) is 13.2. The van der Waals surface area contributed by atoms with E-state index in [0.717, 1.165) is 6.26 Å². The molecule has 0 aliphatic carbocycles. The van der Waals surface area contributed by atoms with E-state index in [2.05, 4.69) is 0 Å². The lowest BCUT2D eigenvalue weighted by molar-refractivity contribution is -0.277. The van der Waals surface area contributed by atoms with Crippen molar-refractivity contribution in [3.8, 4) is 39.9 Å². The zero-order valence-electron chi connectivity index (χ0n) is 18.6. The Morgan fingerprint density at radius 1 is 0.971 bits per heavy atom. The van der Waals surface area contributed by atoms with E-state index in [1.165, 1.54) is 38.5 Å². The Balaban J connectivity index is 1.77. The average molecular weight is 492 g/mol. The summed E-state index contributed by atoms with van der Waals surface area (Å²) in [7, 11) is 2.58. The number of aliphatic hydroxyl groups is 4. The molecule has 2 heterocycles. The van der Waals surface area contributed by atoms with Crippen LogP contribution in [-0.4, -0.2) is 82.2 Å². The third-order valence-electron chi connectivity index (χ3n) is 5.75. The largest absolute Gasteiger partial charge is 0.504 e. The molecule has 2 aromatic carbocycles. The van der Waals surface area contributed by atoms with Crippen LogP contribution in [0.1, 0.15) is 0 Å². The predicted octanol–water partition coefficient (Wildman–Crippen LogP) is 0.0671. The first-order valence-corrected chi connectivity index (χ1v) is 10.4. The number of methoxy groups -OCH3 is 2. The topological polar surface area (TPSA) is 189 Å². The number of aliphatic hydroxyl groups excluding tert-OH is 4. The third kappa shape index (κ3) is 4.22. The van der Waals surface area contributed by atoms with Crippen molar-refractivity contribution >= 4 is 11.0 Å². The fourth-order valence-electron chi connectivity index (χ4n) is 3.86. The molecule has 0 radical (unpaired) electrons. The van der Waals surface area contributed by atoms with Crippen LogP contribution in [0.3, 0.4) is 0 Å². The third-order valence-corrected chi connectivity index (χ3v) is 5.75. The lowest BCUT2D eigenvalue weighted by atomic mass is 9.99. The minimum absolute atomic E-state index is 0.0374. The lowest BCUT2D eigenvalue weighted by Crippen LogP contribution is -2.60. The molecule has 0 saturated carbocycles. The van der Waals surface area contributed by atoms with Gasteiger partial charge in [-0.25, -0.2) is 0 Å². The normalized spacial score (nSPS) is 24.3. The maximum Gasteiger partial charge on any atom is 0.229 e. The molecule has 1 fully saturated rings. The molecule has 0 amide bonds. The molecule has 4 rings (SSSR count). The van der Waals surface area contributed by atoms with E-state index >= 15 is 0 Å². The smallest absolute Gasteiger partial charge is 0.229 e. The fourth-order valence-corrected chi connectivity index (χ4v) is 3.86. The lowest BCUT2D eigenvalue weighted by Gasteiger charge is -2.39. The quantitative estimate of drug-likeness (QED) is 0.272. The predicted molar refractivity (Wildman–Crippen MR) is 119 cm³/mol. The number of aromatic hydroxyl groups is 2. The Bertz CT molecular complexity index is 1280. The van der Waals surface area contributed by atoms with Crippen molar-refractivity contribution in [1.82, 2.24) is 0 Å². The highest BCUT2D eigenvalue weighted by Crippen LogP contribution is 2.43. The summed E-state index contributed by atoms with van der Waals surface area (Å²) in [6.07, 6.45) is -6.64. The van der Waals surface area contributed by atoms with Crippen LogP contribution in [0.4, 0.5) is 0 Å². The van der Waals surface area contributed by atoms with E-state index in [4.69, 9.17) is 23.4 Å². The van der Waals surface area contributed by atoms with Gasteiger partial charge in [0.2, 0.25) is 17.5 Å². The molecule has 0 bridgehead atoms. The highest BCUT2D eigenvalue weighted by atomic mass is 16.7. The maximum absolute atomic E-state index is 13.2. The molecule has 1 aliphatic heterocycles. The number of benzene rings is 2. The van der Waals surface area contributed by atoms with Gasteiger partial charge in [0, 0.05) is 6.07 Å². The molecular weight excluding hydrogens is 468 g/mol. The van der Waals surface area contributed by atoms with Gasteiger partial charge in [0.05, 0.1) is 26.4 Å². The number of hydrogen-bond acceptors (Lipinski definition) is 12. The van der Waals surface area contributed by atoms with Crippen LogP contribution in [0.15, 0.2) is 39.7 Å². The SMILES string of the molecule is COc1ccc(-c2coc3cc(O[C@@H]4OC(CO)[C@@H](O)[C@H](O)C4O)c(OC)c(O)c3c2=O)cc1O. The van der Waals surface area contributed by atoms with Crippen molar-refractivity contribution in [3.63, 3.8) is 0 Å². The molecule has 1 aromatic heterocycles. The summed E-state index contributed by atoms with van der Waals surface area (Å²) in [5, 5.41) is 60.2. The first kappa shape index (κ1) is 24.6.